The summed E-state index contributed by atoms with van der Waals surface area (Å²) in [6, 6.07) is 0. The molecule has 1 aromatic rings. The van der Waals surface area contributed by atoms with Gasteiger partial charge in [-0.15, -0.1) is 0 Å². The molecule has 0 spiro atoms. The standard InChI is InChI=1S/C6H9I2N2OP/c1-4-6(7)5(3-11-12-8)10(2)9-4/h12H,3H2,1-2H3. The van der Waals surface area contributed by atoms with Gasteiger partial charge in [0, 0.05) is 7.05 Å². The molecule has 1 heterocycles. The number of aromatic nitrogens is 2. The number of nitrogens with zero attached hydrogens (tertiary/aromatic N) is 2. The average molecular weight is 410 g/mol. The van der Waals surface area contributed by atoms with Crippen LogP contribution in [-0.2, 0) is 18.2 Å². The fraction of sp³-hybridized carbons (Fsp3) is 0.500. The number of hydrogen-bond donors (Lipinski definition) is 0. The largest absolute Gasteiger partial charge is 0.346 e. The Labute approximate surface area is 100 Å². The van der Waals surface area contributed by atoms with Gasteiger partial charge in [-0.2, -0.15) is 5.10 Å². The maximum absolute atomic E-state index is 5.34. The Morgan fingerprint density at radius 2 is 2.33 bits per heavy atom. The Morgan fingerprint density at radius 3 is 2.75 bits per heavy atom. The van der Waals surface area contributed by atoms with Gasteiger partial charge in [0.05, 0.1) is 28.0 Å². The first-order valence-corrected chi connectivity index (χ1v) is 8.42. The van der Waals surface area contributed by atoms with Gasteiger partial charge in [0.1, 0.15) is 0 Å². The molecule has 0 aliphatic carbocycles. The van der Waals surface area contributed by atoms with Crippen LogP contribution in [0.3, 0.4) is 0 Å². The van der Waals surface area contributed by atoms with E-state index in [0.29, 0.717) is 13.1 Å². The van der Waals surface area contributed by atoms with Crippen molar-refractivity contribution in [3.8, 4) is 0 Å². The topological polar surface area (TPSA) is 27.1 Å². The van der Waals surface area contributed by atoms with Gasteiger partial charge in [0.25, 0.3) is 0 Å². The van der Waals surface area contributed by atoms with Crippen molar-refractivity contribution < 1.29 is 4.52 Å². The van der Waals surface area contributed by atoms with Gasteiger partial charge in [0.15, 0.2) is 0 Å². The third-order valence-electron chi connectivity index (χ3n) is 1.53. The Bertz CT molecular complexity index is 277. The molecule has 0 radical (unpaired) electrons. The predicted octanol–water partition coefficient (Wildman–Crippen LogP) is 2.79. The lowest BCUT2D eigenvalue weighted by atomic mass is 10.4. The van der Waals surface area contributed by atoms with Crippen LogP contribution in [0.5, 0.6) is 0 Å². The zero-order chi connectivity index (χ0) is 9.14. The Hall–Kier alpha value is 1.06. The van der Waals surface area contributed by atoms with Crippen molar-refractivity contribution in [1.82, 2.24) is 9.78 Å². The summed E-state index contributed by atoms with van der Waals surface area (Å²) in [5.74, 6) is 0. The summed E-state index contributed by atoms with van der Waals surface area (Å²) in [4.78, 5) is 0. The molecule has 6 heteroatoms. The minimum absolute atomic E-state index is 0.511. The third-order valence-corrected chi connectivity index (χ3v) is 4.12. The number of hydrogen-bond acceptors (Lipinski definition) is 2. The van der Waals surface area contributed by atoms with Crippen molar-refractivity contribution in [1.29, 1.82) is 0 Å². The van der Waals surface area contributed by atoms with Crippen molar-refractivity contribution in [2.75, 3.05) is 0 Å². The Morgan fingerprint density at radius 1 is 1.67 bits per heavy atom. The van der Waals surface area contributed by atoms with Crippen LogP contribution < -0.4 is 0 Å². The first kappa shape index (κ1) is 11.1. The van der Waals surface area contributed by atoms with Gasteiger partial charge in [-0.1, -0.05) is 0 Å². The van der Waals surface area contributed by atoms with Crippen LogP contribution in [0.2, 0.25) is 0 Å². The summed E-state index contributed by atoms with van der Waals surface area (Å²) in [6.07, 6.45) is 0. The van der Waals surface area contributed by atoms with E-state index in [0.717, 1.165) is 11.4 Å². The van der Waals surface area contributed by atoms with E-state index in [-0.39, 0.29) is 0 Å². The first-order chi connectivity index (χ1) is 5.66. The lowest BCUT2D eigenvalue weighted by Gasteiger charge is -2.00. The van der Waals surface area contributed by atoms with E-state index in [2.05, 4.69) is 49.7 Å². The van der Waals surface area contributed by atoms with Crippen molar-refractivity contribution in [3.63, 3.8) is 0 Å². The highest BCUT2D eigenvalue weighted by molar-refractivity contribution is 14.2. The molecule has 0 N–H and O–H groups in total. The molecule has 68 valence electrons. The van der Waals surface area contributed by atoms with E-state index in [9.17, 15) is 0 Å². The number of halogens is 2. The molecule has 0 aliphatic rings. The second-order valence-corrected chi connectivity index (χ2v) is 5.18. The Balaban J connectivity index is 2.82. The van der Waals surface area contributed by atoms with Gasteiger partial charge in [-0.25, -0.2) is 0 Å². The molecule has 0 aromatic carbocycles. The smallest absolute Gasteiger partial charge is 0.0945 e. The molecule has 1 rings (SSSR count). The first-order valence-electron chi connectivity index (χ1n) is 3.32. The molecule has 12 heavy (non-hydrogen) atoms. The second kappa shape index (κ2) is 5.07. The summed E-state index contributed by atoms with van der Waals surface area (Å²) in [7, 11) is 1.95. The van der Waals surface area contributed by atoms with E-state index in [1.54, 1.807) is 0 Å². The van der Waals surface area contributed by atoms with Crippen LogP contribution in [0.4, 0.5) is 0 Å². The normalized spacial score (nSPS) is 11.7. The predicted molar refractivity (Wildman–Crippen MR) is 67.8 cm³/mol. The molecule has 1 unspecified atom stereocenters. The maximum atomic E-state index is 5.34. The molecule has 0 bridgehead atoms. The van der Waals surface area contributed by atoms with Crippen LogP contribution in [-0.4, -0.2) is 9.78 Å². The average Bonchev–Trinajstić information content (AvgIpc) is 2.25. The lowest BCUT2D eigenvalue weighted by Crippen LogP contribution is -1.99. The molecule has 0 aliphatic heterocycles. The van der Waals surface area contributed by atoms with Gasteiger partial charge in [-0.3, -0.25) is 4.68 Å². The molecule has 0 amide bonds. The Kier molecular flexibility index (Phi) is 4.70. The minimum Gasteiger partial charge on any atom is -0.346 e. The fourth-order valence-electron chi connectivity index (χ4n) is 0.933. The molecule has 1 atom stereocenters. The van der Waals surface area contributed by atoms with Crippen molar-refractivity contribution >= 4 is 51.1 Å². The quantitative estimate of drug-likeness (QED) is 0.567. The van der Waals surface area contributed by atoms with Crippen LogP contribution in [0.15, 0.2) is 0 Å². The zero-order valence-electron chi connectivity index (χ0n) is 6.77. The van der Waals surface area contributed by atoms with Crippen LogP contribution in [0.1, 0.15) is 11.4 Å². The summed E-state index contributed by atoms with van der Waals surface area (Å²) in [5.41, 5.74) is 2.24. The summed E-state index contributed by atoms with van der Waals surface area (Å²) < 4.78 is 8.44. The zero-order valence-corrected chi connectivity index (χ0v) is 12.1. The van der Waals surface area contributed by atoms with Gasteiger partial charge >= 0.3 is 0 Å². The molecule has 0 saturated heterocycles. The van der Waals surface area contributed by atoms with E-state index < -0.39 is 0 Å². The van der Waals surface area contributed by atoms with Crippen molar-refractivity contribution in [3.05, 3.63) is 15.0 Å². The van der Waals surface area contributed by atoms with E-state index in [1.807, 2.05) is 18.7 Å². The minimum atomic E-state index is 0.511. The van der Waals surface area contributed by atoms with E-state index in [1.165, 1.54) is 3.57 Å². The number of rotatable bonds is 3. The highest BCUT2D eigenvalue weighted by atomic mass is 127. The monoisotopic (exact) mass is 410 g/mol. The van der Waals surface area contributed by atoms with Crippen LogP contribution in [0, 0.1) is 10.5 Å². The van der Waals surface area contributed by atoms with Crippen molar-refractivity contribution in [2.45, 2.75) is 13.5 Å². The van der Waals surface area contributed by atoms with Crippen molar-refractivity contribution in [2.24, 2.45) is 7.05 Å². The SMILES string of the molecule is Cc1nn(C)c(COPI)c1I. The summed E-state index contributed by atoms with van der Waals surface area (Å²) >= 11 is 4.52. The van der Waals surface area contributed by atoms with Gasteiger partial charge in [-0.05, 0) is 51.6 Å². The maximum Gasteiger partial charge on any atom is 0.0945 e. The highest BCUT2D eigenvalue weighted by Crippen LogP contribution is 2.25. The highest BCUT2D eigenvalue weighted by Gasteiger charge is 2.09. The van der Waals surface area contributed by atoms with Crippen LogP contribution in [0.25, 0.3) is 0 Å². The van der Waals surface area contributed by atoms with Gasteiger partial charge < -0.3 is 4.52 Å². The molecule has 0 fully saturated rings. The molecule has 3 nitrogen and oxygen atoms in total. The third kappa shape index (κ3) is 2.52. The molecular formula is C6H9I2N2OP. The lowest BCUT2D eigenvalue weighted by molar-refractivity contribution is 0.344. The fourth-order valence-corrected chi connectivity index (χ4v) is 2.20. The molecular weight excluding hydrogens is 401 g/mol. The summed E-state index contributed by atoms with van der Waals surface area (Å²) in [6.45, 7) is 3.19. The van der Waals surface area contributed by atoms with E-state index in [4.69, 9.17) is 4.52 Å². The van der Waals surface area contributed by atoms with E-state index >= 15 is 0 Å². The molecule has 1 aromatic heterocycles. The molecule has 0 saturated carbocycles. The van der Waals surface area contributed by atoms with Gasteiger partial charge in [0.2, 0.25) is 0 Å². The van der Waals surface area contributed by atoms with Crippen LogP contribution >= 0.6 is 51.1 Å². The number of aryl methyl sites for hydroxylation is 2. The summed E-state index contributed by atoms with van der Waals surface area (Å²) in [5, 5.41) is 4.29. The second-order valence-electron chi connectivity index (χ2n) is 2.34.